The number of esters is 1. The third-order valence-corrected chi connectivity index (χ3v) is 2.95. The highest BCUT2D eigenvalue weighted by atomic mass is 16.5. The second kappa shape index (κ2) is 6.83. The van der Waals surface area contributed by atoms with Gasteiger partial charge in [0, 0.05) is 6.54 Å². The van der Waals surface area contributed by atoms with Crippen LogP contribution in [-0.2, 0) is 9.53 Å². The average Bonchev–Trinajstić information content (AvgIpc) is 2.27. The fourth-order valence-corrected chi connectivity index (χ4v) is 2.09. The molecule has 0 aliphatic carbocycles. The molecule has 88 valence electrons. The Balaban J connectivity index is 2.31. The number of hydrogen-bond acceptors (Lipinski definition) is 3. The number of carbonyl (C=O) groups excluding carboxylic acids is 1. The van der Waals surface area contributed by atoms with Gasteiger partial charge in [-0.05, 0) is 39.3 Å². The van der Waals surface area contributed by atoms with E-state index in [0.29, 0.717) is 6.61 Å². The van der Waals surface area contributed by atoms with Gasteiger partial charge in [-0.2, -0.15) is 0 Å². The highest BCUT2D eigenvalue weighted by Gasteiger charge is 2.26. The van der Waals surface area contributed by atoms with Crippen molar-refractivity contribution in [2.45, 2.75) is 39.5 Å². The van der Waals surface area contributed by atoms with E-state index in [0.717, 1.165) is 32.5 Å². The summed E-state index contributed by atoms with van der Waals surface area (Å²) in [6.45, 7) is 7.76. The summed E-state index contributed by atoms with van der Waals surface area (Å²) in [4.78, 5) is 14.0. The average molecular weight is 213 g/mol. The van der Waals surface area contributed by atoms with Crippen LogP contribution >= 0.6 is 0 Å². The highest BCUT2D eigenvalue weighted by Crippen LogP contribution is 2.18. The van der Waals surface area contributed by atoms with Gasteiger partial charge in [0.05, 0.1) is 12.5 Å². The molecular formula is C12H23NO2. The second-order valence-corrected chi connectivity index (χ2v) is 4.25. The molecule has 1 fully saturated rings. The zero-order valence-electron chi connectivity index (χ0n) is 10.00. The monoisotopic (exact) mass is 213 g/mol. The molecule has 0 saturated carbocycles. The number of nitrogens with zero attached hydrogens (tertiary/aromatic N) is 1. The number of unbranched alkanes of at least 4 members (excludes halogenated alkanes) is 1. The van der Waals surface area contributed by atoms with Gasteiger partial charge in [-0.15, -0.1) is 0 Å². The van der Waals surface area contributed by atoms with Gasteiger partial charge < -0.3 is 9.64 Å². The van der Waals surface area contributed by atoms with Crippen molar-refractivity contribution in [3.8, 4) is 0 Å². The molecular weight excluding hydrogens is 190 g/mol. The van der Waals surface area contributed by atoms with E-state index in [2.05, 4.69) is 11.8 Å². The summed E-state index contributed by atoms with van der Waals surface area (Å²) in [5, 5.41) is 0. The molecule has 1 aliphatic heterocycles. The number of hydrogen-bond donors (Lipinski definition) is 0. The number of piperidine rings is 1. The minimum atomic E-state index is -0.00121. The second-order valence-electron chi connectivity index (χ2n) is 4.25. The zero-order valence-corrected chi connectivity index (χ0v) is 10.00. The fraction of sp³-hybridized carbons (Fsp3) is 0.917. The third kappa shape index (κ3) is 4.20. The Morgan fingerprint density at radius 3 is 2.93 bits per heavy atom. The SMILES string of the molecule is CCCCN1CCC[C@H](C(=O)OCC)C1. The first-order chi connectivity index (χ1) is 7.27. The molecule has 0 aromatic carbocycles. The van der Waals surface area contributed by atoms with Crippen LogP contribution in [0, 0.1) is 5.92 Å². The van der Waals surface area contributed by atoms with Crippen molar-refractivity contribution < 1.29 is 9.53 Å². The van der Waals surface area contributed by atoms with Crippen LogP contribution < -0.4 is 0 Å². The van der Waals surface area contributed by atoms with E-state index in [1.54, 1.807) is 0 Å². The lowest BCUT2D eigenvalue weighted by atomic mass is 9.98. The van der Waals surface area contributed by atoms with E-state index in [1.165, 1.54) is 12.8 Å². The maximum absolute atomic E-state index is 11.6. The molecule has 15 heavy (non-hydrogen) atoms. The van der Waals surface area contributed by atoms with Gasteiger partial charge >= 0.3 is 5.97 Å². The molecule has 1 saturated heterocycles. The number of likely N-dealkylation sites (tertiary alicyclic amines) is 1. The lowest BCUT2D eigenvalue weighted by Gasteiger charge is -2.31. The maximum atomic E-state index is 11.6. The molecule has 0 bridgehead atoms. The Morgan fingerprint density at radius 2 is 2.27 bits per heavy atom. The Hall–Kier alpha value is -0.570. The summed E-state index contributed by atoms with van der Waals surface area (Å²) in [6, 6.07) is 0. The molecule has 3 heteroatoms. The minimum absolute atomic E-state index is 0.00121. The molecule has 0 N–H and O–H groups in total. The van der Waals surface area contributed by atoms with E-state index < -0.39 is 0 Å². The molecule has 0 unspecified atom stereocenters. The van der Waals surface area contributed by atoms with Gasteiger partial charge in [-0.3, -0.25) is 4.79 Å². The van der Waals surface area contributed by atoms with Crippen molar-refractivity contribution in [3.05, 3.63) is 0 Å². The number of carbonyl (C=O) groups is 1. The fourth-order valence-electron chi connectivity index (χ4n) is 2.09. The summed E-state index contributed by atoms with van der Waals surface area (Å²) < 4.78 is 5.07. The van der Waals surface area contributed by atoms with Crippen LogP contribution in [0.2, 0.25) is 0 Å². The van der Waals surface area contributed by atoms with Crippen LogP contribution in [0.25, 0.3) is 0 Å². The largest absolute Gasteiger partial charge is 0.466 e. The minimum Gasteiger partial charge on any atom is -0.466 e. The lowest BCUT2D eigenvalue weighted by molar-refractivity contribution is -0.149. The van der Waals surface area contributed by atoms with Crippen molar-refractivity contribution >= 4 is 5.97 Å². The molecule has 1 rings (SSSR count). The summed E-state index contributed by atoms with van der Waals surface area (Å²) >= 11 is 0. The molecule has 1 heterocycles. The van der Waals surface area contributed by atoms with Gasteiger partial charge in [-0.1, -0.05) is 13.3 Å². The number of ether oxygens (including phenoxy) is 1. The predicted octanol–water partition coefficient (Wildman–Crippen LogP) is 2.06. The topological polar surface area (TPSA) is 29.5 Å². The normalized spacial score (nSPS) is 22.7. The smallest absolute Gasteiger partial charge is 0.310 e. The zero-order chi connectivity index (χ0) is 11.1. The Bertz CT molecular complexity index is 194. The first-order valence-electron chi connectivity index (χ1n) is 6.16. The van der Waals surface area contributed by atoms with Crippen LogP contribution in [0.1, 0.15) is 39.5 Å². The van der Waals surface area contributed by atoms with Crippen LogP contribution in [0.5, 0.6) is 0 Å². The van der Waals surface area contributed by atoms with E-state index >= 15 is 0 Å². The summed E-state index contributed by atoms with van der Waals surface area (Å²) in [7, 11) is 0. The summed E-state index contributed by atoms with van der Waals surface area (Å²) in [6.07, 6.45) is 4.59. The maximum Gasteiger partial charge on any atom is 0.310 e. The van der Waals surface area contributed by atoms with Gasteiger partial charge in [0.15, 0.2) is 0 Å². The molecule has 3 nitrogen and oxygen atoms in total. The molecule has 0 radical (unpaired) electrons. The number of rotatable bonds is 5. The van der Waals surface area contributed by atoms with Crippen molar-refractivity contribution in [1.82, 2.24) is 4.90 Å². The summed E-state index contributed by atoms with van der Waals surface area (Å²) in [5.41, 5.74) is 0. The Kier molecular flexibility index (Phi) is 5.69. The van der Waals surface area contributed by atoms with Gasteiger partial charge in [0.25, 0.3) is 0 Å². The highest BCUT2D eigenvalue weighted by molar-refractivity contribution is 5.72. The Labute approximate surface area is 92.8 Å². The molecule has 0 amide bonds. The molecule has 0 aromatic heterocycles. The van der Waals surface area contributed by atoms with Crippen molar-refractivity contribution in [2.24, 2.45) is 5.92 Å². The van der Waals surface area contributed by atoms with Crippen LogP contribution in [0.4, 0.5) is 0 Å². The molecule has 0 spiro atoms. The first-order valence-corrected chi connectivity index (χ1v) is 6.16. The van der Waals surface area contributed by atoms with E-state index in [9.17, 15) is 4.79 Å². The van der Waals surface area contributed by atoms with E-state index in [-0.39, 0.29) is 11.9 Å². The van der Waals surface area contributed by atoms with Crippen LogP contribution in [0.3, 0.4) is 0 Å². The van der Waals surface area contributed by atoms with E-state index in [1.807, 2.05) is 6.92 Å². The first kappa shape index (κ1) is 12.5. The molecule has 0 aromatic rings. The van der Waals surface area contributed by atoms with Crippen molar-refractivity contribution in [1.29, 1.82) is 0 Å². The van der Waals surface area contributed by atoms with Gasteiger partial charge in [0.1, 0.15) is 0 Å². The predicted molar refractivity (Wildman–Crippen MR) is 60.7 cm³/mol. The summed E-state index contributed by atoms with van der Waals surface area (Å²) in [5.74, 6) is 0.120. The van der Waals surface area contributed by atoms with Crippen LogP contribution in [-0.4, -0.2) is 37.1 Å². The van der Waals surface area contributed by atoms with Crippen molar-refractivity contribution in [3.63, 3.8) is 0 Å². The lowest BCUT2D eigenvalue weighted by Crippen LogP contribution is -2.39. The Morgan fingerprint density at radius 1 is 1.47 bits per heavy atom. The molecule has 1 atom stereocenters. The quantitative estimate of drug-likeness (QED) is 0.655. The molecule has 1 aliphatic rings. The van der Waals surface area contributed by atoms with Crippen LogP contribution in [0.15, 0.2) is 0 Å². The van der Waals surface area contributed by atoms with Gasteiger partial charge in [-0.25, -0.2) is 0 Å². The van der Waals surface area contributed by atoms with Gasteiger partial charge in [0.2, 0.25) is 0 Å². The van der Waals surface area contributed by atoms with E-state index in [4.69, 9.17) is 4.74 Å². The third-order valence-electron chi connectivity index (χ3n) is 2.95. The van der Waals surface area contributed by atoms with Crippen molar-refractivity contribution in [2.75, 3.05) is 26.2 Å². The standard InChI is InChI=1S/C12H23NO2/c1-3-5-8-13-9-6-7-11(10-13)12(14)15-4-2/h11H,3-10H2,1-2H3/t11-/m0/s1.